The predicted octanol–water partition coefficient (Wildman–Crippen LogP) is 0.365. The van der Waals surface area contributed by atoms with Crippen LogP contribution in [0.5, 0.6) is 0 Å². The molecule has 0 saturated heterocycles. The molecule has 5 heteroatoms. The van der Waals surface area contributed by atoms with E-state index in [1.807, 2.05) is 0 Å². The van der Waals surface area contributed by atoms with Gasteiger partial charge in [-0.3, -0.25) is 0 Å². The van der Waals surface area contributed by atoms with Gasteiger partial charge in [-0.25, -0.2) is 8.78 Å². The molecule has 0 rings (SSSR count). The highest BCUT2D eigenvalue weighted by molar-refractivity contribution is 4.76. The highest BCUT2D eigenvalue weighted by Crippen LogP contribution is 2.11. The van der Waals surface area contributed by atoms with E-state index in [-0.39, 0.29) is 6.54 Å². The van der Waals surface area contributed by atoms with Crippen LogP contribution >= 0.6 is 0 Å². The van der Waals surface area contributed by atoms with Crippen LogP contribution in [0.25, 0.3) is 0 Å². The Morgan fingerprint density at radius 2 is 1.85 bits per heavy atom. The molecule has 0 amide bonds. The summed E-state index contributed by atoms with van der Waals surface area (Å²) < 4.78 is 24.9. The molecular weight excluding hydrogens is 180 g/mol. The number of aliphatic hydroxyl groups excluding tert-OH is 1. The van der Waals surface area contributed by atoms with Gasteiger partial charge in [0.25, 0.3) is 5.92 Å². The van der Waals surface area contributed by atoms with Crippen molar-refractivity contribution in [1.29, 1.82) is 0 Å². The first-order chi connectivity index (χ1) is 5.83. The molecule has 1 atom stereocenters. The Balaban J connectivity index is 3.68. The molecule has 0 spiro atoms. The number of hydrogen-bond acceptors (Lipinski definition) is 3. The van der Waals surface area contributed by atoms with Gasteiger partial charge in [0.15, 0.2) is 0 Å². The van der Waals surface area contributed by atoms with Crippen LogP contribution in [0.15, 0.2) is 0 Å². The summed E-state index contributed by atoms with van der Waals surface area (Å²) in [4.78, 5) is 0. The fraction of sp³-hybridized carbons (Fsp3) is 1.00. The number of rotatable bonds is 6. The van der Waals surface area contributed by atoms with E-state index < -0.39 is 24.7 Å². The zero-order valence-electron chi connectivity index (χ0n) is 7.98. The Hall–Kier alpha value is -0.260. The topological polar surface area (TPSA) is 52.5 Å². The van der Waals surface area contributed by atoms with Crippen LogP contribution in [0.2, 0.25) is 0 Å². The molecule has 13 heavy (non-hydrogen) atoms. The Kier molecular flexibility index (Phi) is 4.74. The normalized spacial score (nSPS) is 17.1. The average Bonchev–Trinajstić information content (AvgIpc) is 2.04. The molecule has 0 radical (unpaired) electrons. The van der Waals surface area contributed by atoms with E-state index in [4.69, 9.17) is 5.11 Å². The van der Waals surface area contributed by atoms with Gasteiger partial charge in [-0.15, -0.1) is 0 Å². The summed E-state index contributed by atoms with van der Waals surface area (Å²) in [7, 11) is 0. The summed E-state index contributed by atoms with van der Waals surface area (Å²) in [5.41, 5.74) is -0.967. The third-order valence-electron chi connectivity index (χ3n) is 1.88. The SMILES string of the molecule is CCC(C)(O)CNCC(F)(F)CO. The van der Waals surface area contributed by atoms with Crippen molar-refractivity contribution in [2.45, 2.75) is 31.8 Å². The van der Waals surface area contributed by atoms with Crippen molar-refractivity contribution in [2.75, 3.05) is 19.7 Å². The minimum absolute atomic E-state index is 0.0963. The van der Waals surface area contributed by atoms with Gasteiger partial charge in [-0.05, 0) is 13.3 Å². The molecule has 0 aromatic heterocycles. The lowest BCUT2D eigenvalue weighted by atomic mass is 10.0. The quantitative estimate of drug-likeness (QED) is 0.576. The van der Waals surface area contributed by atoms with Crippen LogP contribution in [0, 0.1) is 0 Å². The molecule has 0 fully saturated rings. The lowest BCUT2D eigenvalue weighted by Gasteiger charge is -2.23. The first-order valence-corrected chi connectivity index (χ1v) is 4.25. The van der Waals surface area contributed by atoms with E-state index in [1.54, 1.807) is 13.8 Å². The Morgan fingerprint density at radius 3 is 2.23 bits per heavy atom. The summed E-state index contributed by atoms with van der Waals surface area (Å²) in [6.45, 7) is 1.65. The third kappa shape index (κ3) is 5.90. The van der Waals surface area contributed by atoms with Crippen LogP contribution in [0.4, 0.5) is 8.78 Å². The van der Waals surface area contributed by atoms with Crippen LogP contribution in [-0.4, -0.2) is 41.4 Å². The van der Waals surface area contributed by atoms with Gasteiger partial charge < -0.3 is 15.5 Å². The maximum absolute atomic E-state index is 12.4. The van der Waals surface area contributed by atoms with E-state index in [0.717, 1.165) is 0 Å². The van der Waals surface area contributed by atoms with Crippen molar-refractivity contribution >= 4 is 0 Å². The lowest BCUT2D eigenvalue weighted by molar-refractivity contribution is -0.0516. The maximum atomic E-state index is 12.4. The van der Waals surface area contributed by atoms with Gasteiger partial charge in [0.05, 0.1) is 12.1 Å². The highest BCUT2D eigenvalue weighted by Gasteiger charge is 2.28. The van der Waals surface area contributed by atoms with E-state index in [9.17, 15) is 13.9 Å². The zero-order valence-corrected chi connectivity index (χ0v) is 7.98. The van der Waals surface area contributed by atoms with Gasteiger partial charge in [0.1, 0.15) is 6.61 Å². The second kappa shape index (κ2) is 4.83. The molecule has 0 aliphatic rings. The van der Waals surface area contributed by atoms with Crippen molar-refractivity contribution < 1.29 is 19.0 Å². The summed E-state index contributed by atoms with van der Waals surface area (Å²) in [5.74, 6) is -3.11. The minimum atomic E-state index is -3.11. The van der Waals surface area contributed by atoms with Crippen LogP contribution in [-0.2, 0) is 0 Å². The molecule has 0 aromatic rings. The maximum Gasteiger partial charge on any atom is 0.282 e. The summed E-state index contributed by atoms with van der Waals surface area (Å²) in [6.07, 6.45) is 0.491. The van der Waals surface area contributed by atoms with Crippen molar-refractivity contribution in [2.24, 2.45) is 0 Å². The van der Waals surface area contributed by atoms with Crippen LogP contribution in [0.3, 0.4) is 0 Å². The highest BCUT2D eigenvalue weighted by atomic mass is 19.3. The molecule has 3 nitrogen and oxygen atoms in total. The van der Waals surface area contributed by atoms with Gasteiger partial charge in [0.2, 0.25) is 0 Å². The predicted molar refractivity (Wildman–Crippen MR) is 45.8 cm³/mol. The van der Waals surface area contributed by atoms with Crippen molar-refractivity contribution in [1.82, 2.24) is 5.32 Å². The largest absolute Gasteiger partial charge is 0.390 e. The van der Waals surface area contributed by atoms with Crippen LogP contribution < -0.4 is 5.32 Å². The van der Waals surface area contributed by atoms with Gasteiger partial charge in [0, 0.05) is 6.54 Å². The lowest BCUT2D eigenvalue weighted by Crippen LogP contribution is -2.43. The molecule has 0 aliphatic heterocycles. The van der Waals surface area contributed by atoms with E-state index in [0.29, 0.717) is 6.42 Å². The third-order valence-corrected chi connectivity index (χ3v) is 1.88. The summed E-state index contributed by atoms with van der Waals surface area (Å²) in [5, 5.41) is 20.1. The van der Waals surface area contributed by atoms with Crippen molar-refractivity contribution in [3.8, 4) is 0 Å². The second-order valence-corrected chi connectivity index (χ2v) is 3.47. The van der Waals surface area contributed by atoms with Gasteiger partial charge in [-0.1, -0.05) is 6.92 Å². The van der Waals surface area contributed by atoms with Gasteiger partial charge in [-0.2, -0.15) is 0 Å². The number of aliphatic hydroxyl groups is 2. The zero-order chi connectivity index (χ0) is 10.5. The van der Waals surface area contributed by atoms with E-state index >= 15 is 0 Å². The molecule has 0 aromatic carbocycles. The fourth-order valence-electron chi connectivity index (χ4n) is 0.696. The number of alkyl halides is 2. The Labute approximate surface area is 76.8 Å². The summed E-state index contributed by atoms with van der Waals surface area (Å²) in [6, 6.07) is 0. The molecule has 0 aliphatic carbocycles. The Morgan fingerprint density at radius 1 is 1.31 bits per heavy atom. The van der Waals surface area contributed by atoms with E-state index in [2.05, 4.69) is 5.32 Å². The first-order valence-electron chi connectivity index (χ1n) is 4.25. The second-order valence-electron chi connectivity index (χ2n) is 3.47. The standard InChI is InChI=1S/C8H17F2NO2/c1-3-7(2,13)4-11-5-8(9,10)6-12/h11-13H,3-6H2,1-2H3. The molecule has 1 unspecified atom stereocenters. The first kappa shape index (κ1) is 12.7. The summed E-state index contributed by atoms with van der Waals surface area (Å²) >= 11 is 0. The minimum Gasteiger partial charge on any atom is -0.390 e. The van der Waals surface area contributed by atoms with Crippen LogP contribution in [0.1, 0.15) is 20.3 Å². The smallest absolute Gasteiger partial charge is 0.282 e. The number of nitrogens with one attached hydrogen (secondary N) is 1. The van der Waals surface area contributed by atoms with Crippen molar-refractivity contribution in [3.63, 3.8) is 0 Å². The van der Waals surface area contributed by atoms with E-state index in [1.165, 1.54) is 0 Å². The average molecular weight is 197 g/mol. The monoisotopic (exact) mass is 197 g/mol. The molecular formula is C8H17F2NO2. The molecule has 0 heterocycles. The van der Waals surface area contributed by atoms with Gasteiger partial charge >= 0.3 is 0 Å². The Bertz CT molecular complexity index is 135. The molecule has 80 valence electrons. The number of halogens is 2. The molecule has 3 N–H and O–H groups in total. The molecule has 0 bridgehead atoms. The molecule has 0 saturated carbocycles. The number of hydrogen-bond donors (Lipinski definition) is 3. The van der Waals surface area contributed by atoms with Crippen molar-refractivity contribution in [3.05, 3.63) is 0 Å². The fourth-order valence-corrected chi connectivity index (χ4v) is 0.696.